The molecule has 7 nitrogen and oxygen atoms in total. The van der Waals surface area contributed by atoms with Crippen molar-refractivity contribution in [2.75, 3.05) is 0 Å². The highest BCUT2D eigenvalue weighted by atomic mass is 79.9. The van der Waals surface area contributed by atoms with Crippen LogP contribution in [0.15, 0.2) is 28.7 Å². The Labute approximate surface area is 174 Å². The number of benzene rings is 1. The summed E-state index contributed by atoms with van der Waals surface area (Å²) in [5.41, 5.74) is 0.925. The van der Waals surface area contributed by atoms with Crippen molar-refractivity contribution >= 4 is 33.8 Å². The van der Waals surface area contributed by atoms with Gasteiger partial charge in [0.1, 0.15) is 12.1 Å². The van der Waals surface area contributed by atoms with Gasteiger partial charge in [-0.25, -0.2) is 9.59 Å². The van der Waals surface area contributed by atoms with Gasteiger partial charge in [0, 0.05) is 4.47 Å². The van der Waals surface area contributed by atoms with Crippen molar-refractivity contribution in [3.8, 4) is 0 Å². The maximum atomic E-state index is 12.6. The normalized spacial score (nSPS) is 14.3. The van der Waals surface area contributed by atoms with E-state index in [0.29, 0.717) is 6.42 Å². The van der Waals surface area contributed by atoms with E-state index in [-0.39, 0.29) is 17.9 Å². The maximum Gasteiger partial charge on any atom is 0.326 e. The Morgan fingerprint density at radius 3 is 2.00 bits per heavy atom. The Morgan fingerprint density at radius 1 is 0.964 bits per heavy atom. The molecule has 1 aromatic rings. The van der Waals surface area contributed by atoms with Gasteiger partial charge in [0.15, 0.2) is 0 Å². The average Bonchev–Trinajstić information content (AvgIpc) is 2.58. The van der Waals surface area contributed by atoms with Gasteiger partial charge < -0.3 is 21.1 Å². The molecule has 4 N–H and O–H groups in total. The first-order valence-corrected chi connectivity index (χ1v) is 10.2. The Bertz CT molecular complexity index is 677. The zero-order valence-electron chi connectivity index (χ0n) is 17.0. The summed E-state index contributed by atoms with van der Waals surface area (Å²) >= 11 is 3.37. The SMILES string of the molecule is CC(C)C[C@@H](NC(=O)NC(C)c1ccc(Br)cc1)C(=O)N[C@H](C(=O)O)C(C)C. The Hall–Kier alpha value is -2.09. The Balaban J connectivity index is 2.78. The van der Waals surface area contributed by atoms with Crippen LogP contribution in [-0.4, -0.2) is 35.1 Å². The van der Waals surface area contributed by atoms with Crippen LogP contribution in [0.25, 0.3) is 0 Å². The number of hydrogen-bond acceptors (Lipinski definition) is 3. The summed E-state index contributed by atoms with van der Waals surface area (Å²) in [5.74, 6) is -1.73. The van der Waals surface area contributed by atoms with E-state index >= 15 is 0 Å². The lowest BCUT2D eigenvalue weighted by atomic mass is 10.0. The zero-order chi connectivity index (χ0) is 21.4. The molecule has 0 aliphatic rings. The fourth-order valence-electron chi connectivity index (χ4n) is 2.70. The number of halogens is 1. The van der Waals surface area contributed by atoms with Gasteiger partial charge in [-0.15, -0.1) is 0 Å². The van der Waals surface area contributed by atoms with Gasteiger partial charge in [0.05, 0.1) is 6.04 Å². The molecule has 3 amide bonds. The van der Waals surface area contributed by atoms with E-state index in [9.17, 15) is 19.5 Å². The fourth-order valence-corrected chi connectivity index (χ4v) is 2.97. The van der Waals surface area contributed by atoms with E-state index in [1.54, 1.807) is 13.8 Å². The molecule has 156 valence electrons. The minimum atomic E-state index is -1.10. The summed E-state index contributed by atoms with van der Waals surface area (Å²) in [7, 11) is 0. The van der Waals surface area contributed by atoms with E-state index in [1.165, 1.54) is 0 Å². The van der Waals surface area contributed by atoms with E-state index in [0.717, 1.165) is 10.0 Å². The molecule has 3 atom stereocenters. The summed E-state index contributed by atoms with van der Waals surface area (Å²) in [6, 6.07) is 5.01. The van der Waals surface area contributed by atoms with Gasteiger partial charge in [-0.2, -0.15) is 0 Å². The van der Waals surface area contributed by atoms with Crippen molar-refractivity contribution < 1.29 is 19.5 Å². The molecule has 28 heavy (non-hydrogen) atoms. The molecule has 1 aromatic carbocycles. The number of hydrogen-bond donors (Lipinski definition) is 4. The molecule has 0 fully saturated rings. The zero-order valence-corrected chi connectivity index (χ0v) is 18.5. The molecule has 0 saturated carbocycles. The van der Waals surface area contributed by atoms with Crippen molar-refractivity contribution in [2.24, 2.45) is 11.8 Å². The lowest BCUT2D eigenvalue weighted by molar-refractivity contribution is -0.143. The molecule has 1 unspecified atom stereocenters. The van der Waals surface area contributed by atoms with Gasteiger partial charge in [-0.1, -0.05) is 55.8 Å². The number of carbonyl (C=O) groups excluding carboxylic acids is 2. The second kappa shape index (κ2) is 11.0. The summed E-state index contributed by atoms with van der Waals surface area (Å²) in [6.45, 7) is 9.15. The van der Waals surface area contributed by atoms with Crippen LogP contribution in [0.2, 0.25) is 0 Å². The van der Waals surface area contributed by atoms with Crippen molar-refractivity contribution in [1.29, 1.82) is 0 Å². The standard InChI is InChI=1S/C20H30BrN3O4/c1-11(2)10-16(18(25)24-17(12(3)4)19(26)27)23-20(28)22-13(5)14-6-8-15(21)9-7-14/h6-9,11-13,16-17H,10H2,1-5H3,(H,24,25)(H,26,27)(H2,22,23,28)/t13?,16-,17+/m1/s1. The van der Waals surface area contributed by atoms with Crippen molar-refractivity contribution in [3.05, 3.63) is 34.3 Å². The van der Waals surface area contributed by atoms with Crippen LogP contribution >= 0.6 is 15.9 Å². The fraction of sp³-hybridized carbons (Fsp3) is 0.550. The lowest BCUT2D eigenvalue weighted by Crippen LogP contribution is -2.55. The summed E-state index contributed by atoms with van der Waals surface area (Å²) in [5, 5.41) is 17.3. The molecule has 0 spiro atoms. The highest BCUT2D eigenvalue weighted by molar-refractivity contribution is 9.10. The van der Waals surface area contributed by atoms with Crippen LogP contribution in [0, 0.1) is 11.8 Å². The number of carboxylic acid groups (broad SMARTS) is 1. The number of aliphatic carboxylic acids is 1. The first-order valence-electron chi connectivity index (χ1n) is 9.36. The van der Waals surface area contributed by atoms with Crippen molar-refractivity contribution in [2.45, 2.75) is 59.2 Å². The minimum absolute atomic E-state index is 0.141. The third-order valence-corrected chi connectivity index (χ3v) is 4.81. The molecule has 0 heterocycles. The van der Waals surface area contributed by atoms with Crippen LogP contribution in [0.5, 0.6) is 0 Å². The number of amides is 3. The maximum absolute atomic E-state index is 12.6. The predicted octanol–water partition coefficient (Wildman–Crippen LogP) is 3.45. The van der Waals surface area contributed by atoms with E-state index in [2.05, 4.69) is 31.9 Å². The Kier molecular flexibility index (Phi) is 9.45. The number of carbonyl (C=O) groups is 3. The third-order valence-electron chi connectivity index (χ3n) is 4.28. The number of urea groups is 1. The van der Waals surface area contributed by atoms with Gasteiger partial charge in [0.2, 0.25) is 5.91 Å². The van der Waals surface area contributed by atoms with Crippen LogP contribution in [-0.2, 0) is 9.59 Å². The summed E-state index contributed by atoms with van der Waals surface area (Å²) in [4.78, 5) is 36.4. The van der Waals surface area contributed by atoms with E-state index in [1.807, 2.05) is 45.0 Å². The van der Waals surface area contributed by atoms with Crippen LogP contribution in [0.1, 0.15) is 52.6 Å². The van der Waals surface area contributed by atoms with Gasteiger partial charge in [0.25, 0.3) is 0 Å². The van der Waals surface area contributed by atoms with Crippen LogP contribution < -0.4 is 16.0 Å². The van der Waals surface area contributed by atoms with Crippen LogP contribution in [0.4, 0.5) is 4.79 Å². The second-order valence-electron chi connectivity index (χ2n) is 7.64. The molecule has 0 bridgehead atoms. The third kappa shape index (κ3) is 7.88. The quantitative estimate of drug-likeness (QED) is 0.457. The monoisotopic (exact) mass is 455 g/mol. The van der Waals surface area contributed by atoms with Gasteiger partial charge >= 0.3 is 12.0 Å². The molecular weight excluding hydrogens is 426 g/mol. The first-order chi connectivity index (χ1) is 13.0. The van der Waals surface area contributed by atoms with E-state index < -0.39 is 30.0 Å². The highest BCUT2D eigenvalue weighted by Crippen LogP contribution is 2.16. The number of rotatable bonds is 9. The predicted molar refractivity (Wildman–Crippen MR) is 112 cm³/mol. The number of carboxylic acids is 1. The largest absolute Gasteiger partial charge is 0.480 e. The minimum Gasteiger partial charge on any atom is -0.480 e. The van der Waals surface area contributed by atoms with Gasteiger partial charge in [-0.05, 0) is 42.9 Å². The molecule has 0 saturated heterocycles. The summed E-state index contributed by atoms with van der Waals surface area (Å²) < 4.78 is 0.944. The average molecular weight is 456 g/mol. The molecule has 0 radical (unpaired) electrons. The highest BCUT2D eigenvalue weighted by Gasteiger charge is 2.29. The Morgan fingerprint density at radius 2 is 1.54 bits per heavy atom. The molecule has 0 aliphatic carbocycles. The smallest absolute Gasteiger partial charge is 0.326 e. The first kappa shape index (κ1) is 23.9. The second-order valence-corrected chi connectivity index (χ2v) is 8.56. The lowest BCUT2D eigenvalue weighted by Gasteiger charge is -2.25. The number of nitrogens with one attached hydrogen (secondary N) is 3. The molecule has 0 aromatic heterocycles. The van der Waals surface area contributed by atoms with E-state index in [4.69, 9.17) is 0 Å². The van der Waals surface area contributed by atoms with Crippen LogP contribution in [0.3, 0.4) is 0 Å². The molecule has 8 heteroatoms. The molecular formula is C20H30BrN3O4. The molecule has 0 aliphatic heterocycles. The van der Waals surface area contributed by atoms with Gasteiger partial charge in [-0.3, -0.25) is 4.79 Å². The molecule has 1 rings (SSSR count). The van der Waals surface area contributed by atoms with Crippen molar-refractivity contribution in [1.82, 2.24) is 16.0 Å². The summed E-state index contributed by atoms with van der Waals surface area (Å²) in [6.07, 6.45) is 0.399. The van der Waals surface area contributed by atoms with Crippen molar-refractivity contribution in [3.63, 3.8) is 0 Å². The topological polar surface area (TPSA) is 108 Å².